The summed E-state index contributed by atoms with van der Waals surface area (Å²) in [5.41, 5.74) is 1.81. The summed E-state index contributed by atoms with van der Waals surface area (Å²) < 4.78 is 36.1. The van der Waals surface area contributed by atoms with Crippen molar-refractivity contribution in [3.8, 4) is 11.3 Å². The lowest BCUT2D eigenvalue weighted by Gasteiger charge is -2.08. The normalized spacial score (nSPS) is 15.4. The van der Waals surface area contributed by atoms with Gasteiger partial charge in [0.1, 0.15) is 35.0 Å². The van der Waals surface area contributed by atoms with E-state index < -0.39 is 11.6 Å². The van der Waals surface area contributed by atoms with Crippen LogP contribution in [0.3, 0.4) is 0 Å². The molecule has 2 fully saturated rings. The van der Waals surface area contributed by atoms with E-state index in [0.29, 0.717) is 16.9 Å². The van der Waals surface area contributed by atoms with Crippen LogP contribution in [0.25, 0.3) is 22.4 Å². The maximum absolute atomic E-state index is 14.0. The van der Waals surface area contributed by atoms with Crippen molar-refractivity contribution < 1.29 is 13.5 Å². The molecule has 4 aromatic rings. The SMILES string of the molecule is C1CCOCC1.CC(C)c1nc2ncnc(-c3ccc(F)cc3F)c2n1C.c1cnn(C2CC2)c1. The third kappa shape index (κ3) is 6.28. The molecule has 1 aliphatic carbocycles. The number of hydrogen-bond acceptors (Lipinski definition) is 5. The Bertz CT molecular complexity index is 1220. The van der Waals surface area contributed by atoms with Gasteiger partial charge in [-0.1, -0.05) is 13.8 Å². The van der Waals surface area contributed by atoms with Gasteiger partial charge in [-0.3, -0.25) is 4.68 Å². The molecule has 4 heterocycles. The molecular formula is C26H32F2N6O. The van der Waals surface area contributed by atoms with Crippen LogP contribution in [0.2, 0.25) is 0 Å². The van der Waals surface area contributed by atoms with E-state index in [2.05, 4.69) is 20.1 Å². The fourth-order valence-corrected chi connectivity index (χ4v) is 3.98. The molecular weight excluding hydrogens is 450 g/mol. The Balaban J connectivity index is 0.000000166. The summed E-state index contributed by atoms with van der Waals surface area (Å²) in [6, 6.07) is 6.16. The molecule has 6 rings (SSSR count). The highest BCUT2D eigenvalue weighted by Crippen LogP contribution is 2.33. The molecule has 3 aromatic heterocycles. The molecule has 0 unspecified atom stereocenters. The van der Waals surface area contributed by atoms with Crippen molar-refractivity contribution in [1.29, 1.82) is 0 Å². The first-order valence-corrected chi connectivity index (χ1v) is 12.1. The number of halogens is 2. The van der Waals surface area contributed by atoms with E-state index in [1.807, 2.05) is 48.6 Å². The first-order chi connectivity index (χ1) is 17.0. The lowest BCUT2D eigenvalue weighted by Crippen LogP contribution is -2.03. The molecule has 186 valence electrons. The van der Waals surface area contributed by atoms with Crippen molar-refractivity contribution in [3.05, 3.63) is 60.4 Å². The van der Waals surface area contributed by atoms with Crippen LogP contribution in [-0.4, -0.2) is 42.5 Å². The maximum Gasteiger partial charge on any atom is 0.181 e. The van der Waals surface area contributed by atoms with Crippen molar-refractivity contribution >= 4 is 11.2 Å². The molecule has 0 atom stereocenters. The quantitative estimate of drug-likeness (QED) is 0.367. The van der Waals surface area contributed by atoms with E-state index in [9.17, 15) is 8.78 Å². The van der Waals surface area contributed by atoms with Crippen LogP contribution in [0, 0.1) is 11.6 Å². The fourth-order valence-electron chi connectivity index (χ4n) is 3.98. The maximum atomic E-state index is 14.0. The van der Waals surface area contributed by atoms with E-state index in [1.165, 1.54) is 50.6 Å². The highest BCUT2D eigenvalue weighted by atomic mass is 19.1. The van der Waals surface area contributed by atoms with E-state index in [-0.39, 0.29) is 11.5 Å². The number of aromatic nitrogens is 6. The summed E-state index contributed by atoms with van der Waals surface area (Å²) in [4.78, 5) is 12.8. The zero-order valence-corrected chi connectivity index (χ0v) is 20.5. The van der Waals surface area contributed by atoms with Gasteiger partial charge in [-0.05, 0) is 50.3 Å². The van der Waals surface area contributed by atoms with Crippen LogP contribution in [-0.2, 0) is 11.8 Å². The molecule has 0 bridgehead atoms. The minimum Gasteiger partial charge on any atom is -0.381 e. The van der Waals surface area contributed by atoms with Crippen LogP contribution in [0.5, 0.6) is 0 Å². The molecule has 1 saturated heterocycles. The Labute approximate surface area is 204 Å². The molecule has 9 heteroatoms. The monoisotopic (exact) mass is 482 g/mol. The Hall–Kier alpha value is -3.20. The highest BCUT2D eigenvalue weighted by Gasteiger charge is 2.23. The van der Waals surface area contributed by atoms with E-state index >= 15 is 0 Å². The molecule has 35 heavy (non-hydrogen) atoms. The number of rotatable bonds is 3. The number of benzene rings is 1. The van der Waals surface area contributed by atoms with Gasteiger partial charge in [0.25, 0.3) is 0 Å². The second-order valence-corrected chi connectivity index (χ2v) is 9.09. The first kappa shape index (κ1) is 24.9. The summed E-state index contributed by atoms with van der Waals surface area (Å²) >= 11 is 0. The van der Waals surface area contributed by atoms with Crippen molar-refractivity contribution in [2.24, 2.45) is 7.05 Å². The fraction of sp³-hybridized carbons (Fsp3) is 0.462. The van der Waals surface area contributed by atoms with Crippen molar-refractivity contribution in [2.75, 3.05) is 13.2 Å². The third-order valence-electron chi connectivity index (χ3n) is 5.93. The van der Waals surface area contributed by atoms with Gasteiger partial charge < -0.3 is 9.30 Å². The second-order valence-electron chi connectivity index (χ2n) is 9.09. The summed E-state index contributed by atoms with van der Waals surface area (Å²) in [6.07, 6.45) is 11.8. The van der Waals surface area contributed by atoms with Crippen molar-refractivity contribution in [2.45, 2.75) is 57.9 Å². The topological polar surface area (TPSA) is 70.7 Å². The smallest absolute Gasteiger partial charge is 0.181 e. The molecule has 1 aliphatic heterocycles. The van der Waals surface area contributed by atoms with Gasteiger partial charge in [0.05, 0.1) is 6.04 Å². The van der Waals surface area contributed by atoms with Crippen LogP contribution in [0.15, 0.2) is 43.0 Å². The average Bonchev–Trinajstić information content (AvgIpc) is 3.45. The minimum absolute atomic E-state index is 0.204. The van der Waals surface area contributed by atoms with Gasteiger partial charge in [0.15, 0.2) is 5.65 Å². The number of nitrogens with zero attached hydrogens (tertiary/aromatic N) is 6. The Kier molecular flexibility index (Phi) is 8.17. The minimum atomic E-state index is -0.651. The predicted molar refractivity (Wildman–Crippen MR) is 131 cm³/mol. The standard InChI is InChI=1S/C15H14F2N4.C6H8N2.C5H10O/c1-8(2)15-20-14-13(21(15)3)12(18-7-19-14)10-5-4-9(16)6-11(10)17;1-4-7-8(5-1)6-2-3-6;1-2-4-6-5-3-1/h4-8H,1-3H3;1,4-6H,2-3H2;1-5H2. The van der Waals surface area contributed by atoms with Gasteiger partial charge in [0.2, 0.25) is 0 Å². The third-order valence-corrected chi connectivity index (χ3v) is 5.93. The lowest BCUT2D eigenvalue weighted by molar-refractivity contribution is 0.0968. The van der Waals surface area contributed by atoms with Crippen molar-refractivity contribution in [1.82, 2.24) is 29.3 Å². The summed E-state index contributed by atoms with van der Waals surface area (Å²) in [5, 5.41) is 4.09. The Morgan fingerprint density at radius 3 is 2.37 bits per heavy atom. The van der Waals surface area contributed by atoms with Gasteiger partial charge in [-0.2, -0.15) is 5.10 Å². The van der Waals surface area contributed by atoms with Crippen molar-refractivity contribution in [3.63, 3.8) is 0 Å². The largest absolute Gasteiger partial charge is 0.381 e. The second kappa shape index (κ2) is 11.5. The molecule has 2 aliphatic rings. The summed E-state index contributed by atoms with van der Waals surface area (Å²) in [7, 11) is 1.85. The van der Waals surface area contributed by atoms with Gasteiger partial charge >= 0.3 is 0 Å². The zero-order valence-electron chi connectivity index (χ0n) is 20.5. The van der Waals surface area contributed by atoms with E-state index in [1.54, 1.807) is 0 Å². The number of ether oxygens (including phenoxy) is 1. The number of fused-ring (bicyclic) bond motifs is 1. The number of hydrogen-bond donors (Lipinski definition) is 0. The average molecular weight is 483 g/mol. The highest BCUT2D eigenvalue weighted by molar-refractivity contribution is 5.87. The Morgan fingerprint density at radius 1 is 1.06 bits per heavy atom. The molecule has 0 N–H and O–H groups in total. The van der Waals surface area contributed by atoms with E-state index in [4.69, 9.17) is 4.74 Å². The van der Waals surface area contributed by atoms with E-state index in [0.717, 1.165) is 31.1 Å². The molecule has 1 saturated carbocycles. The number of aryl methyl sites for hydroxylation is 1. The molecule has 1 aromatic carbocycles. The Morgan fingerprint density at radius 2 is 1.83 bits per heavy atom. The van der Waals surface area contributed by atoms with Crippen LogP contribution >= 0.6 is 0 Å². The number of imidazole rings is 1. The first-order valence-electron chi connectivity index (χ1n) is 12.1. The molecule has 0 amide bonds. The van der Waals surface area contributed by atoms with Crippen LogP contribution in [0.4, 0.5) is 8.78 Å². The zero-order chi connectivity index (χ0) is 24.8. The van der Waals surface area contributed by atoms with Gasteiger partial charge in [0, 0.05) is 50.2 Å². The predicted octanol–water partition coefficient (Wildman–Crippen LogP) is 5.84. The summed E-state index contributed by atoms with van der Waals surface area (Å²) in [6.45, 7) is 6.04. The van der Waals surface area contributed by atoms with Crippen LogP contribution < -0.4 is 0 Å². The molecule has 0 spiro atoms. The summed E-state index contributed by atoms with van der Waals surface area (Å²) in [5.74, 6) is -0.221. The van der Waals surface area contributed by atoms with Gasteiger partial charge in [-0.15, -0.1) is 0 Å². The lowest BCUT2D eigenvalue weighted by atomic mass is 10.1. The molecule has 7 nitrogen and oxygen atoms in total. The molecule has 0 radical (unpaired) electrons. The van der Waals surface area contributed by atoms with Crippen LogP contribution in [0.1, 0.15) is 63.7 Å². The van der Waals surface area contributed by atoms with Gasteiger partial charge in [-0.25, -0.2) is 23.7 Å².